The number of hydrogen-bond acceptors (Lipinski definition) is 7. The maximum absolute atomic E-state index is 11.8. The lowest BCUT2D eigenvalue weighted by molar-refractivity contribution is -0.186. The van der Waals surface area contributed by atoms with Crippen LogP contribution in [0.25, 0.3) is 0 Å². The number of ether oxygens (including phenoxy) is 1. The monoisotopic (exact) mass is 322 g/mol. The number of hydrogen-bond donors (Lipinski definition) is 3. The second-order valence-corrected chi connectivity index (χ2v) is 5.90. The molecule has 0 unspecified atom stereocenters. The zero-order valence-corrected chi connectivity index (χ0v) is 11.2. The van der Waals surface area contributed by atoms with Gasteiger partial charge in [0, 0.05) is 11.5 Å². The normalized spacial score (nSPS) is 14.8. The number of aliphatic carboxylic acids is 1. The van der Waals surface area contributed by atoms with E-state index >= 15 is 0 Å². The summed E-state index contributed by atoms with van der Waals surface area (Å²) >= 11 is 0. The van der Waals surface area contributed by atoms with E-state index in [-0.39, 0.29) is 11.5 Å². The van der Waals surface area contributed by atoms with Gasteiger partial charge in [-0.3, -0.25) is 9.59 Å². The highest BCUT2D eigenvalue weighted by atomic mass is 33.1. The van der Waals surface area contributed by atoms with Gasteiger partial charge in [-0.1, -0.05) is 21.6 Å². The molecule has 0 saturated heterocycles. The molecule has 11 heteroatoms. The third-order valence-corrected chi connectivity index (χ3v) is 4.05. The Bertz CT molecular complexity index is 317. The van der Waals surface area contributed by atoms with Crippen LogP contribution in [0.3, 0.4) is 0 Å². The number of carbonyl (C=O) groups is 2. The van der Waals surface area contributed by atoms with Crippen LogP contribution in [0.2, 0.25) is 0 Å². The first kappa shape index (κ1) is 18.4. The van der Waals surface area contributed by atoms with Gasteiger partial charge >= 0.3 is 18.1 Å². The van der Waals surface area contributed by atoms with Gasteiger partial charge in [0.2, 0.25) is 0 Å². The molecule has 5 N–H and O–H groups in total. The molecule has 0 aromatic carbocycles. The predicted octanol–water partition coefficient (Wildman–Crippen LogP) is 0.212. The summed E-state index contributed by atoms with van der Waals surface area (Å²) in [5, 5.41) is 8.47. The lowest BCUT2D eigenvalue weighted by atomic mass is 10.4. The number of carboxylic acid groups (broad SMARTS) is 1. The van der Waals surface area contributed by atoms with Gasteiger partial charge in [-0.05, 0) is 0 Å². The minimum Gasteiger partial charge on any atom is -0.480 e. The van der Waals surface area contributed by atoms with Crippen LogP contribution in [0.4, 0.5) is 13.2 Å². The van der Waals surface area contributed by atoms with Gasteiger partial charge in [-0.15, -0.1) is 0 Å². The molecule has 0 aliphatic carbocycles. The molecule has 19 heavy (non-hydrogen) atoms. The molecule has 0 aliphatic rings. The SMILES string of the molecule is N[C@@H](CSSC[C@H](N)C(=O)OCC(F)(F)F)C(=O)O. The first-order chi connectivity index (χ1) is 8.63. The Morgan fingerprint density at radius 3 is 2.05 bits per heavy atom. The second kappa shape index (κ2) is 8.51. The number of alkyl halides is 3. The van der Waals surface area contributed by atoms with Gasteiger partial charge < -0.3 is 21.3 Å². The maximum atomic E-state index is 11.8. The van der Waals surface area contributed by atoms with Gasteiger partial charge in [0.25, 0.3) is 0 Å². The van der Waals surface area contributed by atoms with Crippen LogP contribution >= 0.6 is 21.6 Å². The van der Waals surface area contributed by atoms with Crippen molar-refractivity contribution in [3.63, 3.8) is 0 Å². The zero-order chi connectivity index (χ0) is 15.1. The summed E-state index contributed by atoms with van der Waals surface area (Å²) in [5.41, 5.74) is 10.5. The Labute approximate surface area is 114 Å². The summed E-state index contributed by atoms with van der Waals surface area (Å²) in [7, 11) is 2.09. The van der Waals surface area contributed by atoms with Crippen LogP contribution in [0.1, 0.15) is 0 Å². The molecule has 0 bridgehead atoms. The van der Waals surface area contributed by atoms with Gasteiger partial charge in [0.05, 0.1) is 0 Å². The zero-order valence-electron chi connectivity index (χ0n) is 9.55. The molecule has 0 heterocycles. The summed E-state index contributed by atoms with van der Waals surface area (Å²) in [4.78, 5) is 21.4. The molecule has 0 amide bonds. The Morgan fingerprint density at radius 2 is 1.63 bits per heavy atom. The van der Waals surface area contributed by atoms with Crippen LogP contribution in [-0.4, -0.2) is 53.4 Å². The lowest BCUT2D eigenvalue weighted by Crippen LogP contribution is -2.36. The van der Waals surface area contributed by atoms with Crippen LogP contribution in [-0.2, 0) is 14.3 Å². The van der Waals surface area contributed by atoms with E-state index in [1.54, 1.807) is 0 Å². The summed E-state index contributed by atoms with van der Waals surface area (Å²) < 4.78 is 39.2. The van der Waals surface area contributed by atoms with Gasteiger partial charge in [0.1, 0.15) is 12.1 Å². The fourth-order valence-corrected chi connectivity index (χ4v) is 2.86. The standard InChI is InChI=1S/C8H13F3N2O4S2/c9-8(10,11)3-17-7(16)5(13)2-19-18-1-4(12)6(14)15/h4-5H,1-3,12-13H2,(H,14,15)/t4-,5-/m0/s1. The van der Waals surface area contributed by atoms with Crippen LogP contribution in [0.15, 0.2) is 0 Å². The number of carboxylic acids is 1. The molecule has 6 nitrogen and oxygen atoms in total. The largest absolute Gasteiger partial charge is 0.480 e. The summed E-state index contributed by atoms with van der Waals surface area (Å²) in [6, 6.07) is -2.26. The van der Waals surface area contributed by atoms with Crippen molar-refractivity contribution in [3.8, 4) is 0 Å². The highest BCUT2D eigenvalue weighted by Crippen LogP contribution is 2.22. The highest BCUT2D eigenvalue weighted by molar-refractivity contribution is 8.76. The van der Waals surface area contributed by atoms with Gasteiger partial charge in [0.15, 0.2) is 6.61 Å². The Hall–Kier alpha value is -0.650. The molecular weight excluding hydrogens is 309 g/mol. The van der Waals surface area contributed by atoms with Crippen molar-refractivity contribution >= 4 is 33.5 Å². The molecule has 112 valence electrons. The van der Waals surface area contributed by atoms with Crippen LogP contribution < -0.4 is 11.5 Å². The van der Waals surface area contributed by atoms with E-state index in [4.69, 9.17) is 16.6 Å². The molecular formula is C8H13F3N2O4S2. The molecule has 0 radical (unpaired) electrons. The fourth-order valence-electron chi connectivity index (χ4n) is 0.642. The number of rotatable bonds is 8. The quantitative estimate of drug-likeness (QED) is 0.330. The second-order valence-electron chi connectivity index (χ2n) is 3.34. The molecule has 0 saturated carbocycles. The van der Waals surface area contributed by atoms with E-state index in [1.165, 1.54) is 0 Å². The van der Waals surface area contributed by atoms with Crippen LogP contribution in [0.5, 0.6) is 0 Å². The number of nitrogens with two attached hydrogens (primary N) is 2. The van der Waals surface area contributed by atoms with E-state index in [0.29, 0.717) is 0 Å². The first-order valence-corrected chi connectivity index (χ1v) is 7.34. The molecule has 2 atom stereocenters. The number of halogens is 3. The van der Waals surface area contributed by atoms with E-state index in [9.17, 15) is 22.8 Å². The molecule has 0 fully saturated rings. The van der Waals surface area contributed by atoms with Crippen molar-refractivity contribution in [1.29, 1.82) is 0 Å². The summed E-state index contributed by atoms with van der Waals surface area (Å²) in [6.45, 7) is -1.68. The summed E-state index contributed by atoms with van der Waals surface area (Å²) in [6.07, 6.45) is -4.59. The average Bonchev–Trinajstić information content (AvgIpc) is 2.29. The minimum absolute atomic E-state index is 0.00625. The smallest absolute Gasteiger partial charge is 0.422 e. The predicted molar refractivity (Wildman–Crippen MR) is 65.5 cm³/mol. The molecule has 0 aromatic rings. The lowest BCUT2D eigenvalue weighted by Gasteiger charge is -2.12. The van der Waals surface area contributed by atoms with Crippen molar-refractivity contribution in [3.05, 3.63) is 0 Å². The first-order valence-electron chi connectivity index (χ1n) is 4.85. The Morgan fingerprint density at radius 1 is 1.16 bits per heavy atom. The Kier molecular flexibility index (Phi) is 8.22. The number of carbonyl (C=O) groups excluding carboxylic acids is 1. The van der Waals surface area contributed by atoms with Crippen LogP contribution in [0, 0.1) is 0 Å². The molecule has 0 aromatic heterocycles. The minimum atomic E-state index is -4.59. The number of esters is 1. The van der Waals surface area contributed by atoms with Crippen molar-refractivity contribution in [2.45, 2.75) is 18.3 Å². The van der Waals surface area contributed by atoms with E-state index in [1.807, 2.05) is 0 Å². The topological polar surface area (TPSA) is 116 Å². The molecule has 0 aliphatic heterocycles. The third-order valence-electron chi connectivity index (χ3n) is 1.58. The highest BCUT2D eigenvalue weighted by Gasteiger charge is 2.30. The van der Waals surface area contributed by atoms with E-state index < -0.39 is 36.8 Å². The van der Waals surface area contributed by atoms with Crippen molar-refractivity contribution in [2.75, 3.05) is 18.1 Å². The fraction of sp³-hybridized carbons (Fsp3) is 0.750. The Balaban J connectivity index is 3.77. The van der Waals surface area contributed by atoms with E-state index in [0.717, 1.165) is 21.6 Å². The molecule has 0 rings (SSSR count). The van der Waals surface area contributed by atoms with Gasteiger partial charge in [-0.2, -0.15) is 13.2 Å². The van der Waals surface area contributed by atoms with Gasteiger partial charge in [-0.25, -0.2) is 0 Å². The van der Waals surface area contributed by atoms with E-state index in [2.05, 4.69) is 4.74 Å². The average molecular weight is 322 g/mol. The summed E-state index contributed by atoms with van der Waals surface area (Å²) in [5.74, 6) is -2.24. The van der Waals surface area contributed by atoms with Crippen molar-refractivity contribution in [2.24, 2.45) is 11.5 Å². The van der Waals surface area contributed by atoms with Crippen molar-refractivity contribution < 1.29 is 32.6 Å². The molecule has 0 spiro atoms. The third kappa shape index (κ3) is 9.87. The maximum Gasteiger partial charge on any atom is 0.422 e. The van der Waals surface area contributed by atoms with Crippen molar-refractivity contribution in [1.82, 2.24) is 0 Å².